The summed E-state index contributed by atoms with van der Waals surface area (Å²) in [6, 6.07) is 20.4. The monoisotopic (exact) mass is 488 g/mol. The molecule has 4 aromatic rings. The van der Waals surface area contributed by atoms with Crippen LogP contribution in [0.25, 0.3) is 11.1 Å². The molecular weight excluding hydrogens is 460 g/mol. The van der Waals surface area contributed by atoms with Crippen molar-refractivity contribution in [2.45, 2.75) is 25.3 Å². The van der Waals surface area contributed by atoms with E-state index in [-0.39, 0.29) is 10.8 Å². The SMILES string of the molecule is Cc1cc(S(=O)(=O)N(C)C)cc(NC(=O)c2ccccc2-c2ccc(Cn3cccn3)cc2)c1C. The zero-order chi connectivity index (χ0) is 25.2. The van der Waals surface area contributed by atoms with Gasteiger partial charge in [0.05, 0.1) is 11.4 Å². The number of nitrogens with one attached hydrogen (secondary N) is 1. The van der Waals surface area contributed by atoms with Crippen LogP contribution in [0.2, 0.25) is 0 Å². The fourth-order valence-corrected chi connectivity index (χ4v) is 4.82. The highest BCUT2D eigenvalue weighted by atomic mass is 32.2. The average molecular weight is 489 g/mol. The minimum atomic E-state index is -3.64. The van der Waals surface area contributed by atoms with E-state index in [0.717, 1.165) is 32.1 Å². The standard InChI is InChI=1S/C27H28N4O3S/c1-19-16-23(35(33,34)30(3)4)17-26(20(19)2)29-27(32)25-9-6-5-8-24(25)22-12-10-21(11-13-22)18-31-15-7-14-28-31/h5-17H,18H2,1-4H3,(H,29,32). The van der Waals surface area contributed by atoms with Gasteiger partial charge in [0.2, 0.25) is 10.0 Å². The molecule has 1 heterocycles. The van der Waals surface area contributed by atoms with Crippen molar-refractivity contribution in [1.82, 2.24) is 14.1 Å². The maximum Gasteiger partial charge on any atom is 0.256 e. The summed E-state index contributed by atoms with van der Waals surface area (Å²) in [5.74, 6) is -0.303. The number of amides is 1. The van der Waals surface area contributed by atoms with E-state index in [1.54, 1.807) is 18.3 Å². The summed E-state index contributed by atoms with van der Waals surface area (Å²) in [5.41, 5.74) is 5.38. The van der Waals surface area contributed by atoms with Crippen LogP contribution in [-0.2, 0) is 16.6 Å². The fraction of sp³-hybridized carbons (Fsp3) is 0.185. The molecule has 8 heteroatoms. The number of rotatable bonds is 7. The Morgan fingerprint density at radius 2 is 1.71 bits per heavy atom. The summed E-state index contributed by atoms with van der Waals surface area (Å²) in [5, 5.41) is 7.17. The van der Waals surface area contributed by atoms with Gasteiger partial charge in [0.25, 0.3) is 5.91 Å². The number of sulfonamides is 1. The normalized spacial score (nSPS) is 11.6. The Hall–Kier alpha value is -3.75. The summed E-state index contributed by atoms with van der Waals surface area (Å²) >= 11 is 0. The Labute approximate surface area is 206 Å². The average Bonchev–Trinajstić information content (AvgIpc) is 3.35. The molecule has 4 rings (SSSR count). The van der Waals surface area contributed by atoms with Crippen molar-refractivity contribution in [2.24, 2.45) is 0 Å². The third kappa shape index (κ3) is 5.18. The molecule has 7 nitrogen and oxygen atoms in total. The second-order valence-corrected chi connectivity index (χ2v) is 10.8. The molecule has 3 aromatic carbocycles. The summed E-state index contributed by atoms with van der Waals surface area (Å²) in [7, 11) is -0.666. The summed E-state index contributed by atoms with van der Waals surface area (Å²) < 4.78 is 28.4. The van der Waals surface area contributed by atoms with Gasteiger partial charge in [-0.15, -0.1) is 0 Å². The first kappa shape index (κ1) is 24.4. The molecule has 0 spiro atoms. The minimum absolute atomic E-state index is 0.141. The lowest BCUT2D eigenvalue weighted by atomic mass is 9.98. The highest BCUT2D eigenvalue weighted by Gasteiger charge is 2.21. The van der Waals surface area contributed by atoms with Crippen LogP contribution in [0.5, 0.6) is 0 Å². The van der Waals surface area contributed by atoms with Crippen molar-refractivity contribution in [3.05, 3.63) is 101 Å². The van der Waals surface area contributed by atoms with Crippen molar-refractivity contribution in [2.75, 3.05) is 19.4 Å². The van der Waals surface area contributed by atoms with Gasteiger partial charge >= 0.3 is 0 Å². The summed E-state index contributed by atoms with van der Waals surface area (Å²) in [6.45, 7) is 4.36. The maximum absolute atomic E-state index is 13.4. The lowest BCUT2D eigenvalue weighted by molar-refractivity contribution is 0.102. The number of aromatic nitrogens is 2. The van der Waals surface area contributed by atoms with E-state index in [2.05, 4.69) is 10.4 Å². The van der Waals surface area contributed by atoms with Crippen molar-refractivity contribution >= 4 is 21.6 Å². The molecule has 1 N–H and O–H groups in total. The summed E-state index contributed by atoms with van der Waals surface area (Å²) in [4.78, 5) is 13.5. The van der Waals surface area contributed by atoms with Crippen LogP contribution in [0, 0.1) is 13.8 Å². The molecule has 180 valence electrons. The van der Waals surface area contributed by atoms with Gasteiger partial charge in [0, 0.05) is 37.7 Å². The Bertz CT molecular complexity index is 1460. The van der Waals surface area contributed by atoms with Gasteiger partial charge in [0.1, 0.15) is 0 Å². The summed E-state index contributed by atoms with van der Waals surface area (Å²) in [6.07, 6.45) is 3.66. The second-order valence-electron chi connectivity index (χ2n) is 8.60. The van der Waals surface area contributed by atoms with Crippen molar-refractivity contribution in [3.8, 4) is 11.1 Å². The Morgan fingerprint density at radius 3 is 2.37 bits per heavy atom. The van der Waals surface area contributed by atoms with Gasteiger partial charge in [-0.1, -0.05) is 42.5 Å². The van der Waals surface area contributed by atoms with Crippen molar-refractivity contribution in [3.63, 3.8) is 0 Å². The number of hydrogen-bond donors (Lipinski definition) is 1. The number of nitrogens with zero attached hydrogens (tertiary/aromatic N) is 3. The van der Waals surface area contributed by atoms with Crippen LogP contribution in [0.3, 0.4) is 0 Å². The predicted octanol–water partition coefficient (Wildman–Crippen LogP) is 4.72. The van der Waals surface area contributed by atoms with Crippen molar-refractivity contribution < 1.29 is 13.2 Å². The molecule has 0 aliphatic rings. The van der Waals surface area contributed by atoms with E-state index in [1.165, 1.54) is 20.2 Å². The first-order valence-electron chi connectivity index (χ1n) is 11.2. The Morgan fingerprint density at radius 1 is 1.00 bits per heavy atom. The fourth-order valence-electron chi connectivity index (χ4n) is 3.81. The molecule has 0 aliphatic carbocycles. The molecule has 0 saturated carbocycles. The zero-order valence-electron chi connectivity index (χ0n) is 20.2. The smallest absolute Gasteiger partial charge is 0.256 e. The molecule has 1 aromatic heterocycles. The molecule has 0 unspecified atom stereocenters. The van der Waals surface area contributed by atoms with Crippen LogP contribution in [-0.4, -0.2) is 42.5 Å². The third-order valence-corrected chi connectivity index (χ3v) is 7.80. The molecule has 0 saturated heterocycles. The number of carbonyl (C=O) groups excluding carboxylic acids is 1. The number of carbonyl (C=O) groups is 1. The van der Waals surface area contributed by atoms with Gasteiger partial charge in [-0.25, -0.2) is 12.7 Å². The van der Waals surface area contributed by atoms with E-state index < -0.39 is 10.0 Å². The number of hydrogen-bond acceptors (Lipinski definition) is 4. The second kappa shape index (κ2) is 9.85. The molecule has 0 radical (unpaired) electrons. The highest BCUT2D eigenvalue weighted by Crippen LogP contribution is 2.28. The van der Waals surface area contributed by atoms with Gasteiger partial charge in [0.15, 0.2) is 0 Å². The number of anilines is 1. The number of benzene rings is 3. The van der Waals surface area contributed by atoms with E-state index in [9.17, 15) is 13.2 Å². The molecule has 1 amide bonds. The van der Waals surface area contributed by atoms with Crippen LogP contribution in [0.4, 0.5) is 5.69 Å². The predicted molar refractivity (Wildman–Crippen MR) is 138 cm³/mol. The largest absolute Gasteiger partial charge is 0.322 e. The molecule has 0 atom stereocenters. The highest BCUT2D eigenvalue weighted by molar-refractivity contribution is 7.89. The van der Waals surface area contributed by atoms with Gasteiger partial charge in [-0.05, 0) is 65.9 Å². The minimum Gasteiger partial charge on any atom is -0.322 e. The maximum atomic E-state index is 13.4. The van der Waals surface area contributed by atoms with E-state index in [4.69, 9.17) is 0 Å². The van der Waals surface area contributed by atoms with E-state index >= 15 is 0 Å². The molecule has 35 heavy (non-hydrogen) atoms. The number of aryl methyl sites for hydroxylation is 1. The third-order valence-electron chi connectivity index (χ3n) is 6.01. The van der Waals surface area contributed by atoms with Crippen molar-refractivity contribution in [1.29, 1.82) is 0 Å². The first-order valence-corrected chi connectivity index (χ1v) is 12.6. The van der Waals surface area contributed by atoms with Gasteiger partial charge in [-0.3, -0.25) is 9.48 Å². The van der Waals surface area contributed by atoms with Crippen LogP contribution in [0.1, 0.15) is 27.0 Å². The quantitative estimate of drug-likeness (QED) is 0.408. The van der Waals surface area contributed by atoms with Crippen LogP contribution in [0.15, 0.2) is 84.0 Å². The topological polar surface area (TPSA) is 84.3 Å². The molecular formula is C27H28N4O3S. The first-order chi connectivity index (χ1) is 16.7. The molecule has 0 aliphatic heterocycles. The Balaban J connectivity index is 1.63. The van der Waals surface area contributed by atoms with Crippen LogP contribution < -0.4 is 5.32 Å². The van der Waals surface area contributed by atoms with E-state index in [1.807, 2.05) is 73.3 Å². The lowest BCUT2D eigenvalue weighted by Crippen LogP contribution is -2.23. The van der Waals surface area contributed by atoms with E-state index in [0.29, 0.717) is 17.8 Å². The van der Waals surface area contributed by atoms with Crippen LogP contribution >= 0.6 is 0 Å². The van der Waals surface area contributed by atoms with Gasteiger partial charge in [-0.2, -0.15) is 5.10 Å². The Kier molecular flexibility index (Phi) is 6.86. The van der Waals surface area contributed by atoms with Gasteiger partial charge < -0.3 is 5.32 Å². The molecule has 0 fully saturated rings. The molecule has 0 bridgehead atoms. The zero-order valence-corrected chi connectivity index (χ0v) is 21.0. The lowest BCUT2D eigenvalue weighted by Gasteiger charge is -2.17.